The van der Waals surface area contributed by atoms with Gasteiger partial charge in [-0.15, -0.1) is 0 Å². The van der Waals surface area contributed by atoms with Crippen molar-refractivity contribution in [3.63, 3.8) is 0 Å². The molecule has 0 bridgehead atoms. The molecule has 2 amide bonds. The van der Waals surface area contributed by atoms with Gasteiger partial charge in [-0.25, -0.2) is 9.18 Å². The third kappa shape index (κ3) is 7.41. The van der Waals surface area contributed by atoms with Crippen LogP contribution in [0.15, 0.2) is 0 Å². The lowest BCUT2D eigenvalue weighted by Crippen LogP contribution is -2.49. The molecule has 7 nitrogen and oxygen atoms in total. The van der Waals surface area contributed by atoms with Crippen LogP contribution in [0.2, 0.25) is 0 Å². The number of hydrogen-bond acceptors (Lipinski definition) is 4. The van der Waals surface area contributed by atoms with Crippen molar-refractivity contribution in [1.82, 2.24) is 9.80 Å². The number of nitrogens with zero attached hydrogens (tertiary/aromatic N) is 2. The van der Waals surface area contributed by atoms with E-state index in [9.17, 15) is 27.2 Å². The largest absolute Gasteiger partial charge is 0.490 e. The second-order valence-electron chi connectivity index (χ2n) is 8.06. The SMILES string of the molecule is CC(=O)N(C)C1CCC([C@H](C)[C@H](N)C(=O)N2CC[C@H](F)C2)CC1.O=C(O)C(F)(F)F. The third-order valence-electron chi connectivity index (χ3n) is 6.07. The number of nitrogens with two attached hydrogens (primary N) is 1. The van der Waals surface area contributed by atoms with E-state index in [-0.39, 0.29) is 24.3 Å². The number of alkyl halides is 4. The molecule has 30 heavy (non-hydrogen) atoms. The number of halogens is 4. The highest BCUT2D eigenvalue weighted by Crippen LogP contribution is 2.33. The summed E-state index contributed by atoms with van der Waals surface area (Å²) in [4.78, 5) is 36.2. The topological polar surface area (TPSA) is 104 Å². The van der Waals surface area contributed by atoms with Gasteiger partial charge in [0, 0.05) is 26.6 Å². The first-order valence-corrected chi connectivity index (χ1v) is 9.97. The Hall–Kier alpha value is -1.91. The highest BCUT2D eigenvalue weighted by molar-refractivity contribution is 5.82. The summed E-state index contributed by atoms with van der Waals surface area (Å²) in [6.45, 7) is 4.30. The van der Waals surface area contributed by atoms with Crippen molar-refractivity contribution in [2.45, 2.75) is 70.4 Å². The molecule has 3 atom stereocenters. The van der Waals surface area contributed by atoms with Crippen LogP contribution in [0.5, 0.6) is 0 Å². The Morgan fingerprint density at radius 3 is 2.00 bits per heavy atom. The van der Waals surface area contributed by atoms with Crippen LogP contribution in [-0.2, 0) is 14.4 Å². The molecule has 0 unspecified atom stereocenters. The van der Waals surface area contributed by atoms with Gasteiger partial charge in [-0.1, -0.05) is 6.92 Å². The maximum Gasteiger partial charge on any atom is 0.490 e. The number of aliphatic carboxylic acids is 1. The minimum Gasteiger partial charge on any atom is -0.475 e. The first-order valence-electron chi connectivity index (χ1n) is 9.97. The van der Waals surface area contributed by atoms with Crippen molar-refractivity contribution in [3.05, 3.63) is 0 Å². The minimum atomic E-state index is -5.08. The van der Waals surface area contributed by atoms with Crippen LogP contribution in [0, 0.1) is 11.8 Å². The van der Waals surface area contributed by atoms with Crippen molar-refractivity contribution < 1.29 is 37.1 Å². The Labute approximate surface area is 173 Å². The summed E-state index contributed by atoms with van der Waals surface area (Å²) < 4.78 is 45.0. The zero-order valence-corrected chi connectivity index (χ0v) is 17.5. The molecule has 11 heteroatoms. The molecule has 0 aromatic carbocycles. The van der Waals surface area contributed by atoms with E-state index < -0.39 is 24.4 Å². The standard InChI is InChI=1S/C17H30FN3O2.C2HF3O2/c1-11(16(19)17(23)21-9-8-14(18)10-21)13-4-6-15(7-5-13)20(3)12(2)22;3-2(4,5)1(6)7/h11,13-16H,4-10,19H2,1-3H3;(H,6,7)/t11-,13?,14-,15?,16-;/m0./s1. The Morgan fingerprint density at radius 2 is 1.63 bits per heavy atom. The van der Waals surface area contributed by atoms with Gasteiger partial charge in [0.2, 0.25) is 11.8 Å². The summed E-state index contributed by atoms with van der Waals surface area (Å²) in [5.41, 5.74) is 6.18. The van der Waals surface area contributed by atoms with Gasteiger partial charge in [0.1, 0.15) is 6.17 Å². The maximum atomic E-state index is 13.3. The molecule has 1 heterocycles. The smallest absolute Gasteiger partial charge is 0.475 e. The number of likely N-dealkylation sites (tertiary alicyclic amines) is 1. The number of amides is 2. The Balaban J connectivity index is 0.000000553. The Kier molecular flexibility index (Phi) is 9.51. The van der Waals surface area contributed by atoms with E-state index in [1.807, 2.05) is 18.9 Å². The molecular formula is C19H31F4N3O4. The van der Waals surface area contributed by atoms with Crippen LogP contribution in [0.1, 0.15) is 46.0 Å². The zero-order valence-electron chi connectivity index (χ0n) is 17.5. The van der Waals surface area contributed by atoms with Gasteiger partial charge in [0.15, 0.2) is 0 Å². The summed E-state index contributed by atoms with van der Waals surface area (Å²) in [5, 5.41) is 7.12. The quantitative estimate of drug-likeness (QED) is 0.651. The monoisotopic (exact) mass is 441 g/mol. The number of hydrogen-bond donors (Lipinski definition) is 2. The van der Waals surface area contributed by atoms with Crippen LogP contribution in [0.4, 0.5) is 17.6 Å². The second kappa shape index (κ2) is 10.9. The number of carbonyl (C=O) groups excluding carboxylic acids is 2. The summed E-state index contributed by atoms with van der Waals surface area (Å²) in [5.74, 6) is -2.28. The molecule has 1 aliphatic heterocycles. The highest BCUT2D eigenvalue weighted by Gasteiger charge is 2.38. The number of rotatable bonds is 4. The fourth-order valence-electron chi connectivity index (χ4n) is 3.92. The van der Waals surface area contributed by atoms with Gasteiger partial charge in [-0.2, -0.15) is 13.2 Å². The average Bonchev–Trinajstić information content (AvgIpc) is 3.11. The fourth-order valence-corrected chi connectivity index (χ4v) is 3.92. The average molecular weight is 441 g/mol. The van der Waals surface area contributed by atoms with Crippen molar-refractivity contribution in [2.24, 2.45) is 17.6 Å². The summed E-state index contributed by atoms with van der Waals surface area (Å²) >= 11 is 0. The van der Waals surface area contributed by atoms with Crippen LogP contribution in [-0.4, -0.2) is 77.3 Å². The molecule has 1 saturated heterocycles. The van der Waals surface area contributed by atoms with Crippen molar-refractivity contribution in [2.75, 3.05) is 20.1 Å². The van der Waals surface area contributed by atoms with E-state index in [4.69, 9.17) is 15.6 Å². The van der Waals surface area contributed by atoms with Gasteiger partial charge in [0.25, 0.3) is 0 Å². The summed E-state index contributed by atoms with van der Waals surface area (Å²) in [6.07, 6.45) is -1.68. The molecule has 0 aromatic rings. The molecule has 2 rings (SSSR count). The fraction of sp³-hybridized carbons (Fsp3) is 0.842. The third-order valence-corrected chi connectivity index (χ3v) is 6.07. The lowest BCUT2D eigenvalue weighted by atomic mass is 9.75. The zero-order chi connectivity index (χ0) is 23.2. The predicted octanol–water partition coefficient (Wildman–Crippen LogP) is 2.19. The number of carboxylic acids is 1. The second-order valence-corrected chi connectivity index (χ2v) is 8.06. The Bertz CT molecular complexity index is 609. The first kappa shape index (κ1) is 26.1. The molecule has 1 saturated carbocycles. The van der Waals surface area contributed by atoms with Crippen LogP contribution >= 0.6 is 0 Å². The normalized spacial score (nSPS) is 26.3. The number of carbonyl (C=O) groups is 3. The van der Waals surface area contributed by atoms with Gasteiger partial charge < -0.3 is 20.6 Å². The molecule has 174 valence electrons. The van der Waals surface area contributed by atoms with Gasteiger partial charge in [-0.3, -0.25) is 9.59 Å². The van der Waals surface area contributed by atoms with E-state index in [2.05, 4.69) is 0 Å². The van der Waals surface area contributed by atoms with E-state index >= 15 is 0 Å². The molecule has 0 aromatic heterocycles. The van der Waals surface area contributed by atoms with Crippen LogP contribution in [0.3, 0.4) is 0 Å². The van der Waals surface area contributed by atoms with Crippen LogP contribution < -0.4 is 5.73 Å². The Morgan fingerprint density at radius 1 is 1.13 bits per heavy atom. The van der Waals surface area contributed by atoms with E-state index in [0.29, 0.717) is 24.9 Å². The molecule has 2 aliphatic rings. The minimum absolute atomic E-state index is 0.0877. The van der Waals surface area contributed by atoms with Crippen molar-refractivity contribution in [1.29, 1.82) is 0 Å². The van der Waals surface area contributed by atoms with E-state index in [1.54, 1.807) is 11.8 Å². The van der Waals surface area contributed by atoms with E-state index in [0.717, 1.165) is 25.7 Å². The number of carboxylic acid groups (broad SMARTS) is 1. The lowest BCUT2D eigenvalue weighted by molar-refractivity contribution is -0.192. The van der Waals surface area contributed by atoms with Crippen LogP contribution in [0.25, 0.3) is 0 Å². The molecule has 1 aliphatic carbocycles. The molecule has 3 N–H and O–H groups in total. The van der Waals surface area contributed by atoms with Gasteiger partial charge in [-0.05, 0) is 43.9 Å². The molecule has 2 fully saturated rings. The molecule has 0 radical (unpaired) electrons. The van der Waals surface area contributed by atoms with Crippen molar-refractivity contribution >= 4 is 17.8 Å². The van der Waals surface area contributed by atoms with E-state index in [1.165, 1.54) is 0 Å². The predicted molar refractivity (Wildman–Crippen MR) is 101 cm³/mol. The summed E-state index contributed by atoms with van der Waals surface area (Å²) in [7, 11) is 1.85. The lowest BCUT2D eigenvalue weighted by Gasteiger charge is -2.38. The summed E-state index contributed by atoms with van der Waals surface area (Å²) in [6, 6.07) is -0.249. The van der Waals surface area contributed by atoms with Crippen molar-refractivity contribution in [3.8, 4) is 0 Å². The highest BCUT2D eigenvalue weighted by atomic mass is 19.4. The van der Waals surface area contributed by atoms with Gasteiger partial charge in [0.05, 0.1) is 12.6 Å². The molecular weight excluding hydrogens is 410 g/mol. The molecule has 0 spiro atoms. The van der Waals surface area contributed by atoms with Gasteiger partial charge >= 0.3 is 12.1 Å². The first-order chi connectivity index (χ1) is 13.8. The maximum absolute atomic E-state index is 13.3.